The first-order chi connectivity index (χ1) is 14.2. The van der Waals surface area contributed by atoms with Crippen LogP contribution in [-0.4, -0.2) is 28.7 Å². The van der Waals surface area contributed by atoms with E-state index in [1.54, 1.807) is 7.11 Å². The maximum Gasteiger partial charge on any atom is 0.189 e. The first-order valence-corrected chi connectivity index (χ1v) is 9.80. The number of anilines is 5. The van der Waals surface area contributed by atoms with Gasteiger partial charge in [-0.25, -0.2) is 15.0 Å². The Bertz CT molecular complexity index is 1130. The van der Waals surface area contributed by atoms with E-state index in [2.05, 4.69) is 25.6 Å². The molecule has 0 aliphatic carbocycles. The number of nitrogens with one attached hydrogen (secondary N) is 2. The molecule has 148 valence electrons. The van der Waals surface area contributed by atoms with Gasteiger partial charge in [0.2, 0.25) is 0 Å². The molecule has 9 heteroatoms. The lowest BCUT2D eigenvalue weighted by Gasteiger charge is -2.12. The van der Waals surface area contributed by atoms with Gasteiger partial charge in [0.25, 0.3) is 0 Å². The lowest BCUT2D eigenvalue weighted by molar-refractivity contribution is 0.340. The number of hydrogen-bond acceptors (Lipinski definition) is 9. The molecule has 0 unspecified atom stereocenters. The molecule has 2 aromatic carbocycles. The molecule has 29 heavy (non-hydrogen) atoms. The first kappa shape index (κ1) is 18.8. The fourth-order valence-electron chi connectivity index (χ4n) is 2.72. The zero-order valence-corrected chi connectivity index (χ0v) is 16.8. The average Bonchev–Trinajstić information content (AvgIpc) is 3.14. The Balaban J connectivity index is 1.54. The topological polar surface area (TPSA) is 107 Å². The largest absolute Gasteiger partial charge is 0.497 e. The number of aromatic nitrogens is 3. The molecule has 2 heterocycles. The van der Waals surface area contributed by atoms with Crippen LogP contribution < -0.4 is 25.8 Å². The van der Waals surface area contributed by atoms with Crippen LogP contribution in [0.25, 0.3) is 10.2 Å². The van der Waals surface area contributed by atoms with Crippen molar-refractivity contribution in [2.45, 2.75) is 6.92 Å². The van der Waals surface area contributed by atoms with Gasteiger partial charge >= 0.3 is 0 Å². The summed E-state index contributed by atoms with van der Waals surface area (Å²) in [4.78, 5) is 13.1. The Kier molecular flexibility index (Phi) is 5.30. The Morgan fingerprint density at radius 1 is 1.00 bits per heavy atom. The van der Waals surface area contributed by atoms with Crippen molar-refractivity contribution in [1.82, 2.24) is 15.0 Å². The van der Waals surface area contributed by atoms with Crippen molar-refractivity contribution in [2.75, 3.05) is 30.1 Å². The maximum absolute atomic E-state index is 6.28. The van der Waals surface area contributed by atoms with Crippen molar-refractivity contribution in [2.24, 2.45) is 0 Å². The number of nitrogens with two attached hydrogens (primary N) is 1. The summed E-state index contributed by atoms with van der Waals surface area (Å²) in [6.45, 7) is 2.57. The minimum Gasteiger partial charge on any atom is -0.497 e. The molecule has 0 spiro atoms. The van der Waals surface area contributed by atoms with E-state index in [1.807, 2.05) is 49.4 Å². The van der Waals surface area contributed by atoms with Gasteiger partial charge < -0.3 is 25.8 Å². The monoisotopic (exact) mass is 408 g/mol. The highest BCUT2D eigenvalue weighted by Gasteiger charge is 2.12. The van der Waals surface area contributed by atoms with Crippen LogP contribution in [0.2, 0.25) is 0 Å². The Labute approximate surface area is 171 Å². The number of nitrogens with zero attached hydrogens (tertiary/aromatic N) is 3. The molecule has 4 rings (SSSR count). The molecule has 4 aromatic rings. The molecular formula is C20H20N6O2S. The van der Waals surface area contributed by atoms with Crippen LogP contribution in [0.15, 0.2) is 48.8 Å². The zero-order valence-electron chi connectivity index (χ0n) is 16.0. The van der Waals surface area contributed by atoms with Crippen LogP contribution in [0.1, 0.15) is 6.92 Å². The molecule has 0 fully saturated rings. The number of hydrogen-bond donors (Lipinski definition) is 3. The number of thiazole rings is 1. The minimum absolute atomic E-state index is 0.401. The molecule has 0 radical (unpaired) electrons. The summed E-state index contributed by atoms with van der Waals surface area (Å²) in [6, 6.07) is 13.3. The van der Waals surface area contributed by atoms with E-state index in [4.69, 9.17) is 15.2 Å². The van der Waals surface area contributed by atoms with E-state index in [1.165, 1.54) is 17.7 Å². The van der Waals surface area contributed by atoms with E-state index >= 15 is 0 Å². The number of nitrogen functional groups attached to an aromatic ring is 1. The Hall–Kier alpha value is -3.59. The quantitative estimate of drug-likeness (QED) is 0.408. The van der Waals surface area contributed by atoms with Crippen LogP contribution >= 0.6 is 11.3 Å². The Morgan fingerprint density at radius 3 is 2.45 bits per heavy atom. The van der Waals surface area contributed by atoms with E-state index in [-0.39, 0.29) is 0 Å². The predicted molar refractivity (Wildman–Crippen MR) is 117 cm³/mol. The smallest absolute Gasteiger partial charge is 0.189 e. The third-order valence-electron chi connectivity index (χ3n) is 4.13. The summed E-state index contributed by atoms with van der Waals surface area (Å²) in [5.74, 6) is 2.59. The maximum atomic E-state index is 6.28. The number of benzene rings is 2. The summed E-state index contributed by atoms with van der Waals surface area (Å²) >= 11 is 1.49. The second kappa shape index (κ2) is 8.19. The molecule has 0 amide bonds. The van der Waals surface area contributed by atoms with E-state index < -0.39 is 0 Å². The fraction of sp³-hybridized carbons (Fsp3) is 0.150. The van der Waals surface area contributed by atoms with Gasteiger partial charge in [-0.15, -0.1) is 0 Å². The second-order valence-corrected chi connectivity index (χ2v) is 7.08. The summed E-state index contributed by atoms with van der Waals surface area (Å²) in [6.07, 6.45) is 1.45. The van der Waals surface area contributed by atoms with Crippen LogP contribution in [0, 0.1) is 0 Å². The molecule has 2 aromatic heterocycles. The summed E-state index contributed by atoms with van der Waals surface area (Å²) in [5, 5.41) is 7.07. The number of rotatable bonds is 7. The molecule has 0 aliphatic rings. The average molecular weight is 408 g/mol. The predicted octanol–water partition coefficient (Wildman–Crippen LogP) is 4.56. The van der Waals surface area contributed by atoms with Gasteiger partial charge in [-0.05, 0) is 49.4 Å². The van der Waals surface area contributed by atoms with Crippen LogP contribution in [0.4, 0.5) is 28.1 Å². The van der Waals surface area contributed by atoms with Gasteiger partial charge in [-0.3, -0.25) is 0 Å². The van der Waals surface area contributed by atoms with Crippen LogP contribution in [0.5, 0.6) is 11.5 Å². The molecule has 0 saturated heterocycles. The number of fused-ring (bicyclic) bond motifs is 1. The van der Waals surface area contributed by atoms with Crippen molar-refractivity contribution < 1.29 is 9.47 Å². The molecule has 4 N–H and O–H groups in total. The highest BCUT2D eigenvalue weighted by Crippen LogP contribution is 2.33. The van der Waals surface area contributed by atoms with Gasteiger partial charge in [0, 0.05) is 5.69 Å². The van der Waals surface area contributed by atoms with Crippen molar-refractivity contribution in [1.29, 1.82) is 0 Å². The summed E-state index contributed by atoms with van der Waals surface area (Å²) in [7, 11) is 1.64. The van der Waals surface area contributed by atoms with Gasteiger partial charge in [-0.2, -0.15) is 0 Å². The molecule has 0 aliphatic heterocycles. The van der Waals surface area contributed by atoms with Crippen molar-refractivity contribution in [3.8, 4) is 11.5 Å². The number of ether oxygens (including phenoxy) is 2. The SMILES string of the molecule is CCOc1ccc(Nc2ncnc(Nc3nc4ccc(OC)cc4s3)c2N)cc1. The van der Waals surface area contributed by atoms with Crippen molar-refractivity contribution in [3.05, 3.63) is 48.8 Å². The molecule has 0 atom stereocenters. The van der Waals surface area contributed by atoms with Crippen molar-refractivity contribution in [3.63, 3.8) is 0 Å². The lowest BCUT2D eigenvalue weighted by atomic mass is 10.3. The molecule has 0 bridgehead atoms. The van der Waals surface area contributed by atoms with Crippen LogP contribution in [0.3, 0.4) is 0 Å². The van der Waals surface area contributed by atoms with Crippen molar-refractivity contribution >= 4 is 49.7 Å². The van der Waals surface area contributed by atoms with Gasteiger partial charge in [0.05, 0.1) is 23.9 Å². The van der Waals surface area contributed by atoms with E-state index in [0.717, 1.165) is 27.4 Å². The first-order valence-electron chi connectivity index (χ1n) is 8.98. The fourth-order valence-corrected chi connectivity index (χ4v) is 3.61. The third kappa shape index (κ3) is 4.14. The van der Waals surface area contributed by atoms with E-state index in [0.29, 0.717) is 29.1 Å². The van der Waals surface area contributed by atoms with Gasteiger partial charge in [0.1, 0.15) is 23.5 Å². The van der Waals surface area contributed by atoms with Crippen LogP contribution in [-0.2, 0) is 0 Å². The molecular weight excluding hydrogens is 388 g/mol. The number of methoxy groups -OCH3 is 1. The standard InChI is InChI=1S/C20H20N6O2S/c1-3-28-13-6-4-12(5-7-13)24-18-17(21)19(23-11-22-18)26-20-25-15-9-8-14(27-2)10-16(15)29-20/h4-11H,3,21H2,1-2H3,(H2,22,23,24,25,26). The molecule has 8 nitrogen and oxygen atoms in total. The second-order valence-electron chi connectivity index (χ2n) is 6.04. The normalized spacial score (nSPS) is 10.7. The minimum atomic E-state index is 0.401. The van der Waals surface area contributed by atoms with E-state index in [9.17, 15) is 0 Å². The van der Waals surface area contributed by atoms with Gasteiger partial charge in [0.15, 0.2) is 16.8 Å². The third-order valence-corrected chi connectivity index (χ3v) is 5.07. The molecule has 0 saturated carbocycles. The lowest BCUT2D eigenvalue weighted by Crippen LogP contribution is -2.05. The summed E-state index contributed by atoms with van der Waals surface area (Å²) in [5.41, 5.74) is 8.40. The highest BCUT2D eigenvalue weighted by atomic mass is 32.1. The zero-order chi connectivity index (χ0) is 20.2. The summed E-state index contributed by atoms with van der Waals surface area (Å²) < 4.78 is 11.7. The highest BCUT2D eigenvalue weighted by molar-refractivity contribution is 7.22. The Morgan fingerprint density at radius 2 is 1.72 bits per heavy atom. The van der Waals surface area contributed by atoms with Gasteiger partial charge in [-0.1, -0.05) is 11.3 Å².